The molecule has 0 saturated carbocycles. The lowest BCUT2D eigenvalue weighted by molar-refractivity contribution is 0.219. The molecule has 1 aromatic rings. The molecule has 98 valence electrons. The number of hydrogen-bond donors (Lipinski definition) is 0. The van der Waals surface area contributed by atoms with E-state index in [1.165, 1.54) is 12.1 Å². The van der Waals surface area contributed by atoms with E-state index in [1.807, 2.05) is 6.07 Å². The number of nitrogens with zero attached hydrogens (tertiary/aromatic N) is 1. The van der Waals surface area contributed by atoms with Gasteiger partial charge in [-0.2, -0.15) is 5.26 Å². The summed E-state index contributed by atoms with van der Waals surface area (Å²) in [6.45, 7) is 3.85. The van der Waals surface area contributed by atoms with E-state index in [2.05, 4.69) is 0 Å². The minimum atomic E-state index is -3.31. The Kier molecular flexibility index (Phi) is 5.49. The number of rotatable bonds is 6. The average Bonchev–Trinajstić information content (AvgIpc) is 2.32. The van der Waals surface area contributed by atoms with Crippen LogP contribution in [0.2, 0.25) is 0 Å². The Morgan fingerprint density at radius 1 is 1.33 bits per heavy atom. The molecule has 0 aromatic heterocycles. The molecule has 0 aliphatic heterocycles. The van der Waals surface area contributed by atoms with Crippen LogP contribution in [0.5, 0.6) is 0 Å². The molecule has 1 aromatic carbocycles. The molecule has 0 amide bonds. The van der Waals surface area contributed by atoms with Gasteiger partial charge in [0.05, 0.1) is 31.0 Å². The van der Waals surface area contributed by atoms with Gasteiger partial charge < -0.3 is 9.05 Å². The maximum Gasteiger partial charge on any atom is 0.335 e. The highest BCUT2D eigenvalue weighted by Gasteiger charge is 2.25. The SMILES string of the molecule is CCOP(=O)(Cc1ccc(C#N)cc1F)OCC. The van der Waals surface area contributed by atoms with E-state index in [9.17, 15) is 8.96 Å². The van der Waals surface area contributed by atoms with Crippen molar-refractivity contribution in [1.82, 2.24) is 0 Å². The van der Waals surface area contributed by atoms with E-state index >= 15 is 0 Å². The molecule has 4 nitrogen and oxygen atoms in total. The van der Waals surface area contributed by atoms with E-state index in [1.54, 1.807) is 13.8 Å². The topological polar surface area (TPSA) is 59.3 Å². The fourth-order valence-electron chi connectivity index (χ4n) is 1.48. The van der Waals surface area contributed by atoms with Gasteiger partial charge in [-0.1, -0.05) is 6.07 Å². The highest BCUT2D eigenvalue weighted by Crippen LogP contribution is 2.51. The minimum absolute atomic E-state index is 0.133. The summed E-state index contributed by atoms with van der Waals surface area (Å²) in [5.74, 6) is -0.575. The van der Waals surface area contributed by atoms with Crippen LogP contribution >= 0.6 is 7.60 Å². The molecule has 0 fully saturated rings. The maximum absolute atomic E-state index is 13.7. The van der Waals surface area contributed by atoms with Crippen molar-refractivity contribution < 1.29 is 18.0 Å². The van der Waals surface area contributed by atoms with E-state index in [0.29, 0.717) is 0 Å². The fourth-order valence-corrected chi connectivity index (χ4v) is 3.19. The summed E-state index contributed by atoms with van der Waals surface area (Å²) in [5.41, 5.74) is 0.443. The first-order valence-corrected chi connectivity index (χ1v) is 7.34. The minimum Gasteiger partial charge on any atom is -0.309 e. The largest absolute Gasteiger partial charge is 0.335 e. The molecule has 0 N–H and O–H groups in total. The summed E-state index contributed by atoms with van der Waals surface area (Å²) in [6.07, 6.45) is -0.133. The lowest BCUT2D eigenvalue weighted by Crippen LogP contribution is -2.01. The summed E-state index contributed by atoms with van der Waals surface area (Å²) >= 11 is 0. The van der Waals surface area contributed by atoms with Crippen molar-refractivity contribution in [3.05, 3.63) is 35.1 Å². The van der Waals surface area contributed by atoms with Gasteiger partial charge >= 0.3 is 7.60 Å². The van der Waals surface area contributed by atoms with Crippen LogP contribution in [0.15, 0.2) is 18.2 Å². The Balaban J connectivity index is 2.95. The highest BCUT2D eigenvalue weighted by atomic mass is 31.2. The van der Waals surface area contributed by atoms with E-state index < -0.39 is 13.4 Å². The van der Waals surface area contributed by atoms with Gasteiger partial charge in [0.25, 0.3) is 0 Å². The molecule has 0 unspecified atom stereocenters. The molecule has 0 aliphatic rings. The molecular weight excluding hydrogens is 256 g/mol. The van der Waals surface area contributed by atoms with Crippen LogP contribution in [0.1, 0.15) is 25.0 Å². The van der Waals surface area contributed by atoms with Crippen LogP contribution in [0.4, 0.5) is 4.39 Å². The molecule has 6 heteroatoms. The average molecular weight is 271 g/mol. The second kappa shape index (κ2) is 6.65. The van der Waals surface area contributed by atoms with Crippen molar-refractivity contribution in [1.29, 1.82) is 5.26 Å². The second-order valence-corrected chi connectivity index (χ2v) is 5.58. The fraction of sp³-hybridized carbons (Fsp3) is 0.417. The summed E-state index contributed by atoms with van der Waals surface area (Å²) in [5, 5.41) is 8.63. The zero-order valence-corrected chi connectivity index (χ0v) is 11.2. The van der Waals surface area contributed by atoms with Crippen LogP contribution in [-0.2, 0) is 19.8 Å². The third kappa shape index (κ3) is 3.92. The van der Waals surface area contributed by atoms with Crippen LogP contribution in [0.25, 0.3) is 0 Å². The molecule has 0 aliphatic carbocycles. The first kappa shape index (κ1) is 14.8. The Morgan fingerprint density at radius 2 is 1.94 bits per heavy atom. The zero-order valence-electron chi connectivity index (χ0n) is 10.4. The lowest BCUT2D eigenvalue weighted by Gasteiger charge is -2.17. The standard InChI is InChI=1S/C12H15FNO3P/c1-3-16-18(15,17-4-2)9-11-6-5-10(8-14)7-12(11)13/h5-7H,3-4,9H2,1-2H3. The van der Waals surface area contributed by atoms with Gasteiger partial charge in [-0.25, -0.2) is 4.39 Å². The van der Waals surface area contributed by atoms with Gasteiger partial charge in [0, 0.05) is 0 Å². The van der Waals surface area contributed by atoms with Gasteiger partial charge in [-0.15, -0.1) is 0 Å². The third-order valence-corrected chi connectivity index (χ3v) is 4.23. The molecule has 18 heavy (non-hydrogen) atoms. The normalized spacial score (nSPS) is 11.2. The van der Waals surface area contributed by atoms with E-state index in [-0.39, 0.29) is 30.5 Å². The zero-order chi connectivity index (χ0) is 13.6. The quantitative estimate of drug-likeness (QED) is 0.743. The number of hydrogen-bond acceptors (Lipinski definition) is 4. The number of benzene rings is 1. The summed E-state index contributed by atoms with van der Waals surface area (Å²) in [6, 6.07) is 5.85. The smallest absolute Gasteiger partial charge is 0.309 e. The van der Waals surface area contributed by atoms with Crippen molar-refractivity contribution >= 4 is 7.60 Å². The molecule has 0 bridgehead atoms. The van der Waals surface area contributed by atoms with Crippen LogP contribution in [0.3, 0.4) is 0 Å². The van der Waals surface area contributed by atoms with Gasteiger partial charge in [0.15, 0.2) is 0 Å². The predicted octanol–water partition coefficient (Wildman–Crippen LogP) is 3.46. The van der Waals surface area contributed by atoms with Crippen LogP contribution in [-0.4, -0.2) is 13.2 Å². The molecule has 0 spiro atoms. The third-order valence-electron chi connectivity index (χ3n) is 2.20. The Labute approximate surface area is 106 Å². The van der Waals surface area contributed by atoms with Gasteiger partial charge in [-0.05, 0) is 31.5 Å². The van der Waals surface area contributed by atoms with Crippen molar-refractivity contribution in [3.8, 4) is 6.07 Å². The first-order valence-electron chi connectivity index (χ1n) is 5.61. The summed E-state index contributed by atoms with van der Waals surface area (Å²) in [4.78, 5) is 0. The summed E-state index contributed by atoms with van der Waals surface area (Å²) in [7, 11) is -3.31. The molecule has 0 heterocycles. The first-order chi connectivity index (χ1) is 8.54. The van der Waals surface area contributed by atoms with Crippen molar-refractivity contribution in [2.75, 3.05) is 13.2 Å². The van der Waals surface area contributed by atoms with Gasteiger partial charge in [-0.3, -0.25) is 4.57 Å². The maximum atomic E-state index is 13.7. The molecule has 0 saturated heterocycles. The number of halogens is 1. The van der Waals surface area contributed by atoms with E-state index in [4.69, 9.17) is 14.3 Å². The van der Waals surface area contributed by atoms with Crippen molar-refractivity contribution in [3.63, 3.8) is 0 Å². The molecule has 0 radical (unpaired) electrons. The van der Waals surface area contributed by atoms with E-state index in [0.717, 1.165) is 6.07 Å². The molecular formula is C12H15FNO3P. The second-order valence-electron chi connectivity index (χ2n) is 3.52. The van der Waals surface area contributed by atoms with Gasteiger partial charge in [0.2, 0.25) is 0 Å². The van der Waals surface area contributed by atoms with Crippen LogP contribution < -0.4 is 0 Å². The Morgan fingerprint density at radius 3 is 2.39 bits per heavy atom. The predicted molar refractivity (Wildman–Crippen MR) is 65.7 cm³/mol. The Bertz CT molecular complexity index is 489. The Hall–Kier alpha value is -1.21. The summed E-state index contributed by atoms with van der Waals surface area (Å²) < 4.78 is 36.1. The molecule has 0 atom stereocenters. The van der Waals surface area contributed by atoms with Gasteiger partial charge in [0.1, 0.15) is 5.82 Å². The van der Waals surface area contributed by atoms with Crippen molar-refractivity contribution in [2.45, 2.75) is 20.0 Å². The van der Waals surface area contributed by atoms with Crippen LogP contribution in [0, 0.1) is 17.1 Å². The monoisotopic (exact) mass is 271 g/mol. The lowest BCUT2D eigenvalue weighted by atomic mass is 10.1. The number of nitriles is 1. The highest BCUT2D eigenvalue weighted by molar-refractivity contribution is 7.53. The van der Waals surface area contributed by atoms with Crippen molar-refractivity contribution in [2.24, 2.45) is 0 Å². The molecule has 1 rings (SSSR count).